The van der Waals surface area contributed by atoms with Gasteiger partial charge in [-0.2, -0.15) is 18.3 Å². The van der Waals surface area contributed by atoms with Crippen molar-refractivity contribution in [3.05, 3.63) is 42.7 Å². The number of hydrogen-bond donors (Lipinski definition) is 1. The van der Waals surface area contributed by atoms with Crippen LogP contribution >= 0.6 is 0 Å². The topological polar surface area (TPSA) is 56.1 Å². The summed E-state index contributed by atoms with van der Waals surface area (Å²) in [5.41, 5.74) is 0.255. The van der Waals surface area contributed by atoms with Gasteiger partial charge in [0, 0.05) is 24.1 Å². The van der Waals surface area contributed by atoms with Crippen LogP contribution in [0.5, 0.6) is 5.75 Å². The molecule has 0 radical (unpaired) electrons. The first-order valence-electron chi connectivity index (χ1n) is 6.49. The molecule has 8 heteroatoms. The highest BCUT2D eigenvalue weighted by molar-refractivity contribution is 5.91. The Bertz CT molecular complexity index is 612. The highest BCUT2D eigenvalue weighted by Crippen LogP contribution is 2.22. The van der Waals surface area contributed by atoms with Gasteiger partial charge >= 0.3 is 6.18 Å². The number of rotatable bonds is 6. The van der Waals surface area contributed by atoms with Crippen molar-refractivity contribution in [1.29, 1.82) is 0 Å². The molecule has 0 bridgehead atoms. The number of alkyl halides is 3. The summed E-state index contributed by atoms with van der Waals surface area (Å²) < 4.78 is 43.4. The van der Waals surface area contributed by atoms with Gasteiger partial charge in [-0.25, -0.2) is 0 Å². The molecule has 0 aliphatic heterocycles. The number of nitrogens with one attached hydrogen (secondary N) is 1. The highest BCUT2D eigenvalue weighted by atomic mass is 19.4. The monoisotopic (exact) mass is 313 g/mol. The third kappa shape index (κ3) is 5.47. The van der Waals surface area contributed by atoms with Crippen LogP contribution in [-0.4, -0.2) is 28.5 Å². The van der Waals surface area contributed by atoms with E-state index in [2.05, 4.69) is 10.4 Å². The van der Waals surface area contributed by atoms with Gasteiger partial charge in [-0.3, -0.25) is 9.48 Å². The van der Waals surface area contributed by atoms with Crippen molar-refractivity contribution in [1.82, 2.24) is 9.78 Å². The van der Waals surface area contributed by atoms with E-state index in [-0.39, 0.29) is 5.69 Å². The molecule has 1 aromatic carbocycles. The van der Waals surface area contributed by atoms with E-state index >= 15 is 0 Å². The summed E-state index contributed by atoms with van der Waals surface area (Å²) in [6, 6.07) is 8.00. The van der Waals surface area contributed by atoms with Crippen LogP contribution < -0.4 is 10.1 Å². The lowest BCUT2D eigenvalue weighted by molar-refractivity contribution is -0.150. The first-order chi connectivity index (χ1) is 10.4. The Kier molecular flexibility index (Phi) is 5.03. The van der Waals surface area contributed by atoms with Gasteiger partial charge in [0.1, 0.15) is 18.8 Å². The van der Waals surface area contributed by atoms with Crippen LogP contribution in [0.15, 0.2) is 42.7 Å². The molecule has 0 saturated carbocycles. The highest BCUT2D eigenvalue weighted by Gasteiger charge is 2.31. The van der Waals surface area contributed by atoms with E-state index in [1.165, 1.54) is 12.1 Å². The maximum absolute atomic E-state index is 12.1. The Hall–Kier alpha value is -2.51. The Morgan fingerprint density at radius 3 is 2.82 bits per heavy atom. The van der Waals surface area contributed by atoms with Gasteiger partial charge in [0.2, 0.25) is 5.91 Å². The number of anilines is 1. The number of ether oxygens (including phenoxy) is 1. The van der Waals surface area contributed by atoms with Gasteiger partial charge < -0.3 is 10.1 Å². The summed E-state index contributed by atoms with van der Waals surface area (Å²) in [6.07, 6.45) is -2.60. The van der Waals surface area contributed by atoms with E-state index in [9.17, 15) is 18.0 Å². The minimum absolute atomic E-state index is 0.255. The number of nitrogens with zero attached hydrogens (tertiary/aromatic N) is 2. The second-order valence-corrected chi connectivity index (χ2v) is 4.49. The molecule has 22 heavy (non-hydrogen) atoms. The lowest BCUT2D eigenvalue weighted by atomic mass is 10.3. The lowest BCUT2D eigenvalue weighted by Gasteiger charge is -2.10. The SMILES string of the molecule is O=C(CC(F)(F)F)Nc1cccc(OCCn2cccn2)c1. The molecule has 2 aromatic rings. The summed E-state index contributed by atoms with van der Waals surface area (Å²) in [7, 11) is 0. The Balaban J connectivity index is 1.85. The number of amides is 1. The predicted octanol–water partition coefficient (Wildman–Crippen LogP) is 2.85. The molecule has 0 atom stereocenters. The van der Waals surface area contributed by atoms with Crippen molar-refractivity contribution < 1.29 is 22.7 Å². The van der Waals surface area contributed by atoms with Gasteiger partial charge in [-0.05, 0) is 18.2 Å². The fourth-order valence-electron chi connectivity index (χ4n) is 1.74. The van der Waals surface area contributed by atoms with Crippen molar-refractivity contribution >= 4 is 11.6 Å². The van der Waals surface area contributed by atoms with Crippen LogP contribution in [-0.2, 0) is 11.3 Å². The molecule has 0 unspecified atom stereocenters. The molecule has 0 saturated heterocycles. The largest absolute Gasteiger partial charge is 0.492 e. The number of aromatic nitrogens is 2. The van der Waals surface area contributed by atoms with Crippen LogP contribution in [0.2, 0.25) is 0 Å². The van der Waals surface area contributed by atoms with Crippen LogP contribution in [0.4, 0.5) is 18.9 Å². The first-order valence-corrected chi connectivity index (χ1v) is 6.49. The molecule has 0 fully saturated rings. The summed E-state index contributed by atoms with van der Waals surface area (Å²) in [6.45, 7) is 0.888. The van der Waals surface area contributed by atoms with Crippen molar-refractivity contribution in [3.8, 4) is 5.75 Å². The van der Waals surface area contributed by atoms with E-state index in [4.69, 9.17) is 4.74 Å². The maximum Gasteiger partial charge on any atom is 0.397 e. The molecular weight excluding hydrogens is 299 g/mol. The molecule has 2 rings (SSSR count). The molecule has 5 nitrogen and oxygen atoms in total. The van der Waals surface area contributed by atoms with E-state index in [0.29, 0.717) is 18.9 Å². The number of carbonyl (C=O) groups is 1. The Labute approximate surface area is 124 Å². The van der Waals surface area contributed by atoms with Crippen molar-refractivity contribution in [2.45, 2.75) is 19.1 Å². The number of benzene rings is 1. The van der Waals surface area contributed by atoms with Crippen molar-refractivity contribution in [2.24, 2.45) is 0 Å². The van der Waals surface area contributed by atoms with Crippen LogP contribution in [0.3, 0.4) is 0 Å². The summed E-state index contributed by atoms with van der Waals surface area (Å²) in [5, 5.41) is 6.20. The van der Waals surface area contributed by atoms with Gasteiger partial charge in [0.25, 0.3) is 0 Å². The Morgan fingerprint density at radius 2 is 2.14 bits per heavy atom. The number of halogens is 3. The van der Waals surface area contributed by atoms with E-state index in [1.807, 2.05) is 0 Å². The molecule has 1 aromatic heterocycles. The zero-order chi connectivity index (χ0) is 16.0. The van der Waals surface area contributed by atoms with Gasteiger partial charge in [0.15, 0.2) is 0 Å². The second-order valence-electron chi connectivity index (χ2n) is 4.49. The van der Waals surface area contributed by atoms with E-state index in [0.717, 1.165) is 0 Å². The van der Waals surface area contributed by atoms with E-state index in [1.54, 1.807) is 35.3 Å². The summed E-state index contributed by atoms with van der Waals surface area (Å²) in [5.74, 6) is -0.654. The van der Waals surface area contributed by atoms with Crippen LogP contribution in [0.1, 0.15) is 6.42 Å². The number of hydrogen-bond acceptors (Lipinski definition) is 3. The van der Waals surface area contributed by atoms with Gasteiger partial charge in [-0.1, -0.05) is 6.07 Å². The Morgan fingerprint density at radius 1 is 1.32 bits per heavy atom. The molecule has 0 aliphatic rings. The predicted molar refractivity (Wildman–Crippen MR) is 73.5 cm³/mol. The third-order valence-electron chi connectivity index (χ3n) is 2.63. The minimum atomic E-state index is -4.53. The molecule has 0 spiro atoms. The zero-order valence-corrected chi connectivity index (χ0v) is 11.5. The average Bonchev–Trinajstić information content (AvgIpc) is 2.90. The molecular formula is C14H14F3N3O2. The van der Waals surface area contributed by atoms with Crippen molar-refractivity contribution in [2.75, 3.05) is 11.9 Å². The maximum atomic E-state index is 12.1. The fraction of sp³-hybridized carbons (Fsp3) is 0.286. The molecule has 1 heterocycles. The quantitative estimate of drug-likeness (QED) is 0.892. The van der Waals surface area contributed by atoms with Crippen molar-refractivity contribution in [3.63, 3.8) is 0 Å². The summed E-state index contributed by atoms with van der Waals surface area (Å²) >= 11 is 0. The molecule has 1 amide bonds. The first kappa shape index (κ1) is 15.9. The van der Waals surface area contributed by atoms with Gasteiger partial charge in [0.05, 0.1) is 6.54 Å². The second kappa shape index (κ2) is 6.97. The van der Waals surface area contributed by atoms with E-state index < -0.39 is 18.5 Å². The standard InChI is InChI=1S/C14H14F3N3O2/c15-14(16,17)10-13(21)19-11-3-1-4-12(9-11)22-8-7-20-6-2-5-18-20/h1-6,9H,7-8,10H2,(H,19,21). The molecule has 118 valence electrons. The fourth-order valence-corrected chi connectivity index (χ4v) is 1.74. The van der Waals surface area contributed by atoms with Crippen LogP contribution in [0.25, 0.3) is 0 Å². The average molecular weight is 313 g/mol. The number of carbonyl (C=O) groups excluding carboxylic acids is 1. The lowest BCUT2D eigenvalue weighted by Crippen LogP contribution is -2.21. The zero-order valence-electron chi connectivity index (χ0n) is 11.5. The third-order valence-corrected chi connectivity index (χ3v) is 2.63. The smallest absolute Gasteiger partial charge is 0.397 e. The molecule has 0 aliphatic carbocycles. The van der Waals surface area contributed by atoms with Gasteiger partial charge in [-0.15, -0.1) is 0 Å². The normalized spacial score (nSPS) is 11.2. The summed E-state index contributed by atoms with van der Waals surface area (Å²) in [4.78, 5) is 11.2. The minimum Gasteiger partial charge on any atom is -0.492 e. The van der Waals surface area contributed by atoms with Crippen LogP contribution in [0, 0.1) is 0 Å². The molecule has 1 N–H and O–H groups in total.